The van der Waals surface area contributed by atoms with Crippen LogP contribution in [0.1, 0.15) is 20.9 Å². The molecule has 0 saturated carbocycles. The summed E-state index contributed by atoms with van der Waals surface area (Å²) in [4.78, 5) is 24.9. The Morgan fingerprint density at radius 3 is 1.62 bits per heavy atom. The highest BCUT2D eigenvalue weighted by Crippen LogP contribution is 2.41. The largest absolute Gasteiger partial charge is 0.497 e. The highest BCUT2D eigenvalue weighted by molar-refractivity contribution is 6.09. The van der Waals surface area contributed by atoms with E-state index in [0.717, 1.165) is 0 Å². The number of esters is 2. The maximum atomic E-state index is 12.6. The Morgan fingerprint density at radius 2 is 1.17 bits per heavy atom. The van der Waals surface area contributed by atoms with Gasteiger partial charge in [0.2, 0.25) is 5.76 Å². The van der Waals surface area contributed by atoms with Gasteiger partial charge in [0.25, 0.3) is 0 Å². The Hall–Kier alpha value is -3.74. The molecule has 0 aliphatic rings. The number of methoxy groups -OCH3 is 4. The Balaban J connectivity index is 2.31. The van der Waals surface area contributed by atoms with Crippen molar-refractivity contribution in [3.8, 4) is 33.9 Å². The molecule has 0 amide bonds. The SMILES string of the molecule is COC(=O)c1oc(-c2ccc(OC)cc2)c(-c2ccc(OC)cc2)c1C(=O)OC. The third kappa shape index (κ3) is 3.80. The standard InChI is InChI=1S/C22H20O7/c1-25-15-9-5-13(6-10-15)17-18(21(23)27-3)20(22(24)28-4)29-19(17)14-7-11-16(26-2)12-8-14/h5-12H,1-4H3. The molecule has 150 valence electrons. The molecule has 29 heavy (non-hydrogen) atoms. The lowest BCUT2D eigenvalue weighted by molar-refractivity contribution is 0.0529. The van der Waals surface area contributed by atoms with E-state index in [4.69, 9.17) is 23.4 Å². The van der Waals surface area contributed by atoms with Crippen LogP contribution in [-0.2, 0) is 9.47 Å². The lowest BCUT2D eigenvalue weighted by atomic mass is 9.96. The molecule has 0 aliphatic heterocycles. The summed E-state index contributed by atoms with van der Waals surface area (Å²) in [5.74, 6) is -0.0713. The summed E-state index contributed by atoms with van der Waals surface area (Å²) in [7, 11) is 5.58. The van der Waals surface area contributed by atoms with Crippen LogP contribution in [0.5, 0.6) is 11.5 Å². The summed E-state index contributed by atoms with van der Waals surface area (Å²) in [6, 6.07) is 14.1. The first-order valence-corrected chi connectivity index (χ1v) is 8.66. The van der Waals surface area contributed by atoms with Gasteiger partial charge in [0.1, 0.15) is 22.8 Å². The maximum Gasteiger partial charge on any atom is 0.374 e. The third-order valence-corrected chi connectivity index (χ3v) is 4.40. The van der Waals surface area contributed by atoms with Crippen molar-refractivity contribution in [2.45, 2.75) is 0 Å². The van der Waals surface area contributed by atoms with E-state index in [1.54, 1.807) is 62.8 Å². The molecule has 0 bridgehead atoms. The molecule has 1 heterocycles. The fourth-order valence-corrected chi connectivity index (χ4v) is 2.94. The zero-order chi connectivity index (χ0) is 21.0. The second-order valence-corrected chi connectivity index (χ2v) is 5.95. The van der Waals surface area contributed by atoms with Crippen LogP contribution in [0.3, 0.4) is 0 Å². The number of rotatable bonds is 6. The molecule has 2 aromatic carbocycles. The molecule has 1 aromatic heterocycles. The minimum Gasteiger partial charge on any atom is -0.497 e. The fraction of sp³-hybridized carbons (Fsp3) is 0.182. The minimum absolute atomic E-state index is 0.00432. The number of benzene rings is 2. The van der Waals surface area contributed by atoms with Crippen molar-refractivity contribution >= 4 is 11.9 Å². The van der Waals surface area contributed by atoms with E-state index in [1.807, 2.05) is 0 Å². The molecule has 0 spiro atoms. The summed E-state index contributed by atoms with van der Waals surface area (Å²) < 4.78 is 26.0. The number of hydrogen-bond acceptors (Lipinski definition) is 7. The van der Waals surface area contributed by atoms with Crippen LogP contribution >= 0.6 is 0 Å². The molecule has 7 nitrogen and oxygen atoms in total. The van der Waals surface area contributed by atoms with Crippen LogP contribution in [0.25, 0.3) is 22.5 Å². The average Bonchev–Trinajstić information content (AvgIpc) is 3.18. The molecule has 0 saturated heterocycles. The van der Waals surface area contributed by atoms with E-state index >= 15 is 0 Å². The molecule has 3 aromatic rings. The molecular formula is C22H20O7. The zero-order valence-corrected chi connectivity index (χ0v) is 16.5. The Morgan fingerprint density at radius 1 is 0.690 bits per heavy atom. The Kier molecular flexibility index (Phi) is 5.87. The van der Waals surface area contributed by atoms with Crippen molar-refractivity contribution in [3.05, 3.63) is 59.9 Å². The summed E-state index contributed by atoms with van der Waals surface area (Å²) in [6.07, 6.45) is 0. The molecule has 7 heteroatoms. The Bertz CT molecular complexity index is 1010. The topological polar surface area (TPSA) is 84.2 Å². The highest BCUT2D eigenvalue weighted by atomic mass is 16.5. The minimum atomic E-state index is -0.778. The first-order valence-electron chi connectivity index (χ1n) is 8.66. The summed E-state index contributed by atoms with van der Waals surface area (Å²) >= 11 is 0. The molecule has 0 aliphatic carbocycles. The normalized spacial score (nSPS) is 10.3. The van der Waals surface area contributed by atoms with Crippen molar-refractivity contribution in [1.29, 1.82) is 0 Å². The highest BCUT2D eigenvalue weighted by Gasteiger charge is 2.32. The van der Waals surface area contributed by atoms with E-state index in [0.29, 0.717) is 33.9 Å². The molecule has 0 unspecified atom stereocenters. The Labute approximate surface area is 167 Å². The number of ether oxygens (including phenoxy) is 4. The van der Waals surface area contributed by atoms with E-state index in [9.17, 15) is 9.59 Å². The number of carbonyl (C=O) groups is 2. The van der Waals surface area contributed by atoms with Gasteiger partial charge in [-0.3, -0.25) is 0 Å². The van der Waals surface area contributed by atoms with Gasteiger partial charge in [-0.1, -0.05) is 12.1 Å². The van der Waals surface area contributed by atoms with Gasteiger partial charge in [0.05, 0.1) is 28.4 Å². The monoisotopic (exact) mass is 396 g/mol. The van der Waals surface area contributed by atoms with Gasteiger partial charge in [-0.05, 0) is 42.0 Å². The lowest BCUT2D eigenvalue weighted by Crippen LogP contribution is -2.10. The number of hydrogen-bond donors (Lipinski definition) is 0. The first-order chi connectivity index (χ1) is 14.0. The van der Waals surface area contributed by atoms with Crippen LogP contribution < -0.4 is 9.47 Å². The van der Waals surface area contributed by atoms with Crippen molar-refractivity contribution in [1.82, 2.24) is 0 Å². The van der Waals surface area contributed by atoms with E-state index in [1.165, 1.54) is 14.2 Å². The molecule has 3 rings (SSSR count). The van der Waals surface area contributed by atoms with Crippen molar-refractivity contribution < 1.29 is 33.0 Å². The van der Waals surface area contributed by atoms with Crippen molar-refractivity contribution in [2.75, 3.05) is 28.4 Å². The predicted molar refractivity (Wildman–Crippen MR) is 105 cm³/mol. The quantitative estimate of drug-likeness (QED) is 0.577. The van der Waals surface area contributed by atoms with Crippen LogP contribution in [0, 0.1) is 0 Å². The number of furan rings is 1. The first kappa shape index (κ1) is 20.0. The van der Waals surface area contributed by atoms with Crippen LogP contribution in [0.2, 0.25) is 0 Å². The molecular weight excluding hydrogens is 376 g/mol. The van der Waals surface area contributed by atoms with Crippen molar-refractivity contribution in [3.63, 3.8) is 0 Å². The van der Waals surface area contributed by atoms with Gasteiger partial charge < -0.3 is 23.4 Å². The van der Waals surface area contributed by atoms with Gasteiger partial charge in [0.15, 0.2) is 0 Å². The molecule has 0 radical (unpaired) electrons. The molecule has 0 N–H and O–H groups in total. The molecule has 0 fully saturated rings. The predicted octanol–water partition coefficient (Wildman–Crippen LogP) is 4.20. The van der Waals surface area contributed by atoms with Crippen molar-refractivity contribution in [2.24, 2.45) is 0 Å². The van der Waals surface area contributed by atoms with Gasteiger partial charge in [0, 0.05) is 11.1 Å². The summed E-state index contributed by atoms with van der Waals surface area (Å²) in [6.45, 7) is 0. The van der Waals surface area contributed by atoms with Gasteiger partial charge in [-0.15, -0.1) is 0 Å². The second kappa shape index (κ2) is 8.52. The fourth-order valence-electron chi connectivity index (χ4n) is 2.94. The zero-order valence-electron chi connectivity index (χ0n) is 16.5. The van der Waals surface area contributed by atoms with Gasteiger partial charge in [-0.2, -0.15) is 0 Å². The average molecular weight is 396 g/mol. The maximum absolute atomic E-state index is 12.6. The van der Waals surface area contributed by atoms with E-state index in [-0.39, 0.29) is 11.3 Å². The van der Waals surface area contributed by atoms with Crippen LogP contribution in [0.4, 0.5) is 0 Å². The van der Waals surface area contributed by atoms with E-state index in [2.05, 4.69) is 0 Å². The molecule has 0 atom stereocenters. The summed E-state index contributed by atoms with van der Waals surface area (Å²) in [5.41, 5.74) is 1.72. The lowest BCUT2D eigenvalue weighted by Gasteiger charge is -2.08. The number of carbonyl (C=O) groups excluding carboxylic acids is 2. The van der Waals surface area contributed by atoms with Crippen LogP contribution in [-0.4, -0.2) is 40.4 Å². The second-order valence-electron chi connectivity index (χ2n) is 5.95. The summed E-state index contributed by atoms with van der Waals surface area (Å²) in [5, 5.41) is 0. The van der Waals surface area contributed by atoms with E-state index < -0.39 is 11.9 Å². The van der Waals surface area contributed by atoms with Crippen LogP contribution in [0.15, 0.2) is 52.9 Å². The van der Waals surface area contributed by atoms with Gasteiger partial charge >= 0.3 is 11.9 Å². The smallest absolute Gasteiger partial charge is 0.374 e. The third-order valence-electron chi connectivity index (χ3n) is 4.40. The van der Waals surface area contributed by atoms with Gasteiger partial charge in [-0.25, -0.2) is 9.59 Å².